The number of nitrogens with zero attached hydrogens (tertiary/aromatic N) is 1. The van der Waals surface area contributed by atoms with Gasteiger partial charge in [-0.3, -0.25) is 5.10 Å². The highest BCUT2D eigenvalue weighted by Crippen LogP contribution is 2.35. The monoisotopic (exact) mass is 135 g/mol. The molecule has 0 saturated heterocycles. The van der Waals surface area contributed by atoms with Crippen molar-refractivity contribution in [1.82, 2.24) is 10.2 Å². The lowest BCUT2D eigenvalue weighted by Crippen LogP contribution is -1.87. The number of hydrogen-bond acceptors (Lipinski definition) is 2. The van der Waals surface area contributed by atoms with Crippen molar-refractivity contribution in [2.24, 2.45) is 0 Å². The molecule has 0 aliphatic heterocycles. The molecule has 1 aliphatic carbocycles. The number of H-pyrrole nitrogens is 1. The molecule has 52 valence electrons. The van der Waals surface area contributed by atoms with E-state index < -0.39 is 0 Å². The van der Waals surface area contributed by atoms with Gasteiger partial charge in [0.2, 0.25) is 0 Å². The van der Waals surface area contributed by atoms with E-state index in [4.69, 9.17) is 5.73 Å². The van der Waals surface area contributed by atoms with E-state index in [1.807, 2.05) is 6.92 Å². The molecule has 3 N–H and O–H groups in total. The Morgan fingerprint density at radius 1 is 1.70 bits per heavy atom. The van der Waals surface area contributed by atoms with Crippen LogP contribution in [0.15, 0.2) is 6.08 Å². The number of nitrogen functional groups attached to an aromatic ring is 1. The highest BCUT2D eigenvalue weighted by Gasteiger charge is 2.17. The SMILES string of the molecule is Cc1[nH]nc(N)c1C1=CC1. The summed E-state index contributed by atoms with van der Waals surface area (Å²) in [7, 11) is 0. The quantitative estimate of drug-likeness (QED) is 0.605. The Morgan fingerprint density at radius 2 is 2.40 bits per heavy atom. The molecule has 1 heterocycles. The number of nitrogens with one attached hydrogen (secondary N) is 1. The average Bonchev–Trinajstić information content (AvgIpc) is 2.64. The lowest BCUT2D eigenvalue weighted by atomic mass is 10.2. The molecule has 2 rings (SSSR count). The number of hydrogen-bond donors (Lipinski definition) is 2. The number of anilines is 1. The second-order valence-electron chi connectivity index (χ2n) is 2.54. The van der Waals surface area contributed by atoms with Crippen LogP contribution < -0.4 is 5.73 Å². The van der Waals surface area contributed by atoms with E-state index in [0.29, 0.717) is 5.82 Å². The second-order valence-corrected chi connectivity index (χ2v) is 2.54. The Kier molecular flexibility index (Phi) is 0.897. The van der Waals surface area contributed by atoms with Gasteiger partial charge in [0.15, 0.2) is 5.82 Å². The van der Waals surface area contributed by atoms with Crippen LogP contribution in [0.3, 0.4) is 0 Å². The molecule has 0 aromatic carbocycles. The average molecular weight is 135 g/mol. The van der Waals surface area contributed by atoms with Gasteiger partial charge in [-0.1, -0.05) is 6.08 Å². The predicted octanol–water partition coefficient (Wildman–Crippen LogP) is 1.09. The maximum absolute atomic E-state index is 5.60. The molecule has 0 fully saturated rings. The van der Waals surface area contributed by atoms with Crippen LogP contribution in [0.1, 0.15) is 17.7 Å². The number of allylic oxidation sites excluding steroid dienone is 2. The second kappa shape index (κ2) is 1.62. The zero-order valence-electron chi connectivity index (χ0n) is 5.81. The van der Waals surface area contributed by atoms with Gasteiger partial charge in [0.1, 0.15) is 0 Å². The van der Waals surface area contributed by atoms with Crippen LogP contribution in [0.5, 0.6) is 0 Å². The summed E-state index contributed by atoms with van der Waals surface area (Å²) >= 11 is 0. The Morgan fingerprint density at radius 3 is 2.80 bits per heavy atom. The van der Waals surface area contributed by atoms with Gasteiger partial charge < -0.3 is 5.73 Å². The molecule has 1 aliphatic rings. The first-order valence-electron chi connectivity index (χ1n) is 3.29. The normalized spacial score (nSPS) is 15.1. The summed E-state index contributed by atoms with van der Waals surface area (Å²) in [6, 6.07) is 0. The van der Waals surface area contributed by atoms with Gasteiger partial charge in [-0.15, -0.1) is 0 Å². The Bertz CT molecular complexity index is 276. The number of nitrogens with two attached hydrogens (primary N) is 1. The molecule has 0 radical (unpaired) electrons. The molecule has 1 aromatic rings. The van der Waals surface area contributed by atoms with Gasteiger partial charge in [0, 0.05) is 11.3 Å². The highest BCUT2D eigenvalue weighted by atomic mass is 15.2. The van der Waals surface area contributed by atoms with Gasteiger partial charge in [0.25, 0.3) is 0 Å². The summed E-state index contributed by atoms with van der Waals surface area (Å²) in [6.45, 7) is 1.98. The molecule has 3 heteroatoms. The molecule has 0 spiro atoms. The van der Waals surface area contributed by atoms with E-state index in [-0.39, 0.29) is 0 Å². The third kappa shape index (κ3) is 0.635. The molecular formula is C7H9N3. The Balaban J connectivity index is 2.54. The molecule has 1 aromatic heterocycles. The van der Waals surface area contributed by atoms with Crippen molar-refractivity contribution in [2.75, 3.05) is 5.73 Å². The smallest absolute Gasteiger partial charge is 0.153 e. The lowest BCUT2D eigenvalue weighted by Gasteiger charge is -1.90. The van der Waals surface area contributed by atoms with Crippen molar-refractivity contribution in [3.63, 3.8) is 0 Å². The number of aryl methyl sites for hydroxylation is 1. The minimum absolute atomic E-state index is 0.626. The molecule has 0 atom stereocenters. The fourth-order valence-corrected chi connectivity index (χ4v) is 1.11. The van der Waals surface area contributed by atoms with E-state index in [0.717, 1.165) is 17.7 Å². The summed E-state index contributed by atoms with van der Waals surface area (Å²) in [5, 5.41) is 6.73. The van der Waals surface area contributed by atoms with E-state index in [1.165, 1.54) is 5.57 Å². The molecule has 0 saturated carbocycles. The molecule has 0 bridgehead atoms. The van der Waals surface area contributed by atoms with E-state index in [2.05, 4.69) is 16.3 Å². The highest BCUT2D eigenvalue weighted by molar-refractivity contribution is 5.83. The molecular weight excluding hydrogens is 126 g/mol. The van der Waals surface area contributed by atoms with Gasteiger partial charge in [-0.2, -0.15) is 5.10 Å². The summed E-state index contributed by atoms with van der Waals surface area (Å²) in [4.78, 5) is 0. The van der Waals surface area contributed by atoms with Gasteiger partial charge >= 0.3 is 0 Å². The molecule has 3 nitrogen and oxygen atoms in total. The van der Waals surface area contributed by atoms with Crippen LogP contribution in [0.4, 0.5) is 5.82 Å². The minimum Gasteiger partial charge on any atom is -0.382 e. The van der Waals surface area contributed by atoms with Crippen LogP contribution >= 0.6 is 0 Å². The molecule has 0 amide bonds. The number of aromatic amines is 1. The third-order valence-electron chi connectivity index (χ3n) is 1.70. The van der Waals surface area contributed by atoms with Crippen LogP contribution in [0.2, 0.25) is 0 Å². The maximum atomic E-state index is 5.60. The maximum Gasteiger partial charge on any atom is 0.153 e. The van der Waals surface area contributed by atoms with Crippen LogP contribution in [0, 0.1) is 6.92 Å². The first-order valence-corrected chi connectivity index (χ1v) is 3.29. The molecule has 10 heavy (non-hydrogen) atoms. The van der Waals surface area contributed by atoms with Gasteiger partial charge in [-0.25, -0.2) is 0 Å². The van der Waals surface area contributed by atoms with Crippen LogP contribution in [0.25, 0.3) is 5.57 Å². The number of aromatic nitrogens is 2. The summed E-state index contributed by atoms with van der Waals surface area (Å²) in [5.41, 5.74) is 9.10. The van der Waals surface area contributed by atoms with Crippen molar-refractivity contribution in [2.45, 2.75) is 13.3 Å². The van der Waals surface area contributed by atoms with E-state index >= 15 is 0 Å². The third-order valence-corrected chi connectivity index (χ3v) is 1.70. The summed E-state index contributed by atoms with van der Waals surface area (Å²) in [6.07, 6.45) is 3.22. The fourth-order valence-electron chi connectivity index (χ4n) is 1.11. The summed E-state index contributed by atoms with van der Waals surface area (Å²) < 4.78 is 0. The van der Waals surface area contributed by atoms with Gasteiger partial charge in [-0.05, 0) is 18.9 Å². The largest absolute Gasteiger partial charge is 0.382 e. The van der Waals surface area contributed by atoms with Crippen LogP contribution in [-0.4, -0.2) is 10.2 Å². The number of rotatable bonds is 1. The lowest BCUT2D eigenvalue weighted by molar-refractivity contribution is 1.05. The van der Waals surface area contributed by atoms with Crippen molar-refractivity contribution in [3.8, 4) is 0 Å². The zero-order valence-corrected chi connectivity index (χ0v) is 5.81. The van der Waals surface area contributed by atoms with Crippen molar-refractivity contribution in [1.29, 1.82) is 0 Å². The first-order chi connectivity index (χ1) is 4.79. The van der Waals surface area contributed by atoms with E-state index in [9.17, 15) is 0 Å². The van der Waals surface area contributed by atoms with Gasteiger partial charge in [0.05, 0.1) is 0 Å². The van der Waals surface area contributed by atoms with Crippen molar-refractivity contribution >= 4 is 11.4 Å². The van der Waals surface area contributed by atoms with Crippen molar-refractivity contribution in [3.05, 3.63) is 17.3 Å². The Labute approximate surface area is 58.9 Å². The minimum atomic E-state index is 0.626. The first kappa shape index (κ1) is 5.53. The Hall–Kier alpha value is -1.25. The van der Waals surface area contributed by atoms with Crippen LogP contribution in [-0.2, 0) is 0 Å². The molecule has 0 unspecified atom stereocenters. The van der Waals surface area contributed by atoms with Crippen molar-refractivity contribution < 1.29 is 0 Å². The fraction of sp³-hybridized carbons (Fsp3) is 0.286. The van der Waals surface area contributed by atoms with E-state index in [1.54, 1.807) is 0 Å². The standard InChI is InChI=1S/C7H9N3/c1-4-6(5-2-3-5)7(8)10-9-4/h2H,3H2,1H3,(H3,8,9,10). The zero-order chi connectivity index (χ0) is 7.14. The summed E-state index contributed by atoms with van der Waals surface area (Å²) in [5.74, 6) is 0.626. The predicted molar refractivity (Wildman–Crippen MR) is 40.3 cm³/mol. The topological polar surface area (TPSA) is 54.7 Å².